The number of halogens is 8. The van der Waals surface area contributed by atoms with Gasteiger partial charge >= 0.3 is 12.5 Å². The highest BCUT2D eigenvalue weighted by atomic mass is 127. The van der Waals surface area contributed by atoms with Gasteiger partial charge < -0.3 is 4.74 Å². The maximum absolute atomic E-state index is 12.7. The van der Waals surface area contributed by atoms with Crippen molar-refractivity contribution in [3.63, 3.8) is 0 Å². The summed E-state index contributed by atoms with van der Waals surface area (Å²) in [7, 11) is 0. The van der Waals surface area contributed by atoms with Gasteiger partial charge in [-0.05, 0) is 22.6 Å². The minimum absolute atomic E-state index is 0.485. The summed E-state index contributed by atoms with van der Waals surface area (Å²) in [4.78, 5) is 3.34. The van der Waals surface area contributed by atoms with Crippen molar-refractivity contribution >= 4 is 34.2 Å². The first kappa shape index (κ1) is 15.6. The Kier molecular flexibility index (Phi) is 4.57. The monoisotopic (exact) mass is 405 g/mol. The lowest BCUT2D eigenvalue weighted by molar-refractivity contribution is -0.276. The molecule has 0 bridgehead atoms. The molecule has 0 fully saturated rings. The van der Waals surface area contributed by atoms with Crippen molar-refractivity contribution in [1.82, 2.24) is 4.98 Å². The zero-order chi connectivity index (χ0) is 14.1. The number of alkyl halides is 7. The van der Waals surface area contributed by atoms with Crippen molar-refractivity contribution in [3.05, 3.63) is 21.0 Å². The Morgan fingerprint density at radius 3 is 2.17 bits per heavy atom. The molecule has 0 radical (unpaired) electrons. The number of rotatable bonds is 2. The third-order valence-corrected chi connectivity index (χ3v) is 2.81. The average Bonchev–Trinajstić information content (AvgIpc) is 2.13. The minimum Gasteiger partial charge on any atom is -0.405 e. The second-order valence-electron chi connectivity index (χ2n) is 2.96. The van der Waals surface area contributed by atoms with Gasteiger partial charge in [0.15, 0.2) is 0 Å². The second kappa shape index (κ2) is 5.27. The number of nitrogens with zero attached hydrogens (tertiary/aromatic N) is 1. The SMILES string of the molecule is FC(F)(F)Oc1c(CCl)cnc(I)c1C(F)(F)F. The van der Waals surface area contributed by atoms with Gasteiger partial charge in [0.25, 0.3) is 0 Å². The molecule has 102 valence electrons. The van der Waals surface area contributed by atoms with Crippen LogP contribution in [0.2, 0.25) is 0 Å². The van der Waals surface area contributed by atoms with Crippen LogP contribution in [-0.2, 0) is 12.1 Å². The molecular weight excluding hydrogens is 402 g/mol. The Morgan fingerprint density at radius 2 is 1.78 bits per heavy atom. The number of hydrogen-bond acceptors (Lipinski definition) is 2. The Labute approximate surface area is 115 Å². The smallest absolute Gasteiger partial charge is 0.405 e. The highest BCUT2D eigenvalue weighted by molar-refractivity contribution is 14.1. The molecule has 0 unspecified atom stereocenters. The fraction of sp³-hybridized carbons (Fsp3) is 0.375. The molecule has 0 aliphatic carbocycles. The van der Waals surface area contributed by atoms with Crippen molar-refractivity contribution in [2.45, 2.75) is 18.4 Å². The lowest BCUT2D eigenvalue weighted by Gasteiger charge is -2.18. The molecule has 10 heteroatoms. The van der Waals surface area contributed by atoms with E-state index in [2.05, 4.69) is 9.72 Å². The molecule has 0 aliphatic rings. The molecule has 0 amide bonds. The van der Waals surface area contributed by atoms with Gasteiger partial charge in [-0.25, -0.2) is 4.98 Å². The molecule has 1 rings (SSSR count). The second-order valence-corrected chi connectivity index (χ2v) is 4.25. The van der Waals surface area contributed by atoms with E-state index >= 15 is 0 Å². The van der Waals surface area contributed by atoms with Crippen molar-refractivity contribution in [2.75, 3.05) is 0 Å². The number of hydrogen-bond donors (Lipinski definition) is 0. The summed E-state index contributed by atoms with van der Waals surface area (Å²) in [6.45, 7) is 0. The number of aromatic nitrogens is 1. The molecule has 1 aromatic rings. The van der Waals surface area contributed by atoms with E-state index in [1.54, 1.807) is 0 Å². The fourth-order valence-corrected chi connectivity index (χ4v) is 1.97. The predicted octanol–water partition coefficient (Wildman–Crippen LogP) is 4.34. The molecule has 0 aliphatic heterocycles. The quantitative estimate of drug-likeness (QED) is 0.316. The topological polar surface area (TPSA) is 22.1 Å². The van der Waals surface area contributed by atoms with E-state index in [0.29, 0.717) is 0 Å². The van der Waals surface area contributed by atoms with Crippen LogP contribution in [0, 0.1) is 3.70 Å². The minimum atomic E-state index is -5.24. The van der Waals surface area contributed by atoms with Crippen LogP contribution >= 0.6 is 34.2 Å². The van der Waals surface area contributed by atoms with Crippen LogP contribution in [0.15, 0.2) is 6.20 Å². The standard InChI is InChI=1S/C8H3ClF6INO/c9-1-3-2-17-6(16)4(7(10,11)12)5(3)18-8(13,14)15/h2H,1H2. The lowest BCUT2D eigenvalue weighted by atomic mass is 10.2. The summed E-state index contributed by atoms with van der Waals surface area (Å²) in [5.74, 6) is -1.94. The maximum atomic E-state index is 12.7. The largest absolute Gasteiger partial charge is 0.573 e. The molecular formula is C8H3ClF6INO. The fourth-order valence-electron chi connectivity index (χ4n) is 1.09. The Bertz CT molecular complexity index is 446. The van der Waals surface area contributed by atoms with Gasteiger partial charge in [0.05, 0.1) is 5.88 Å². The van der Waals surface area contributed by atoms with E-state index in [-0.39, 0.29) is 0 Å². The average molecular weight is 405 g/mol. The summed E-state index contributed by atoms with van der Waals surface area (Å²) in [5, 5.41) is 0. The van der Waals surface area contributed by atoms with Crippen LogP contribution in [0.25, 0.3) is 0 Å². The van der Waals surface area contributed by atoms with E-state index in [1.165, 1.54) is 22.6 Å². The van der Waals surface area contributed by atoms with Crippen LogP contribution in [0.1, 0.15) is 11.1 Å². The molecule has 0 saturated carbocycles. The van der Waals surface area contributed by atoms with Gasteiger partial charge in [0.2, 0.25) is 0 Å². The van der Waals surface area contributed by atoms with Crippen LogP contribution in [0.4, 0.5) is 26.3 Å². The summed E-state index contributed by atoms with van der Waals surface area (Å²) >= 11 is 6.45. The molecule has 2 nitrogen and oxygen atoms in total. The van der Waals surface area contributed by atoms with Crippen molar-refractivity contribution in [3.8, 4) is 5.75 Å². The lowest BCUT2D eigenvalue weighted by Crippen LogP contribution is -2.22. The van der Waals surface area contributed by atoms with Crippen LogP contribution in [0.3, 0.4) is 0 Å². The maximum Gasteiger partial charge on any atom is 0.573 e. The molecule has 0 saturated heterocycles. The molecule has 0 spiro atoms. The van der Waals surface area contributed by atoms with E-state index < -0.39 is 39.0 Å². The van der Waals surface area contributed by atoms with E-state index in [9.17, 15) is 26.3 Å². The zero-order valence-electron chi connectivity index (χ0n) is 8.16. The Hall–Kier alpha value is -0.450. The van der Waals surface area contributed by atoms with Crippen molar-refractivity contribution in [2.24, 2.45) is 0 Å². The number of pyridine rings is 1. The first-order chi connectivity index (χ1) is 8.06. The molecule has 18 heavy (non-hydrogen) atoms. The number of ether oxygens (including phenoxy) is 1. The summed E-state index contributed by atoms with van der Waals surface area (Å²) in [6, 6.07) is 0. The third kappa shape index (κ3) is 3.77. The zero-order valence-corrected chi connectivity index (χ0v) is 11.1. The molecule has 0 aromatic carbocycles. The summed E-state index contributed by atoms with van der Waals surface area (Å²) < 4.78 is 77.1. The van der Waals surface area contributed by atoms with E-state index in [1.807, 2.05) is 0 Å². The first-order valence-corrected chi connectivity index (χ1v) is 5.74. The molecule has 0 atom stereocenters. The first-order valence-electron chi connectivity index (χ1n) is 4.12. The molecule has 0 N–H and O–H groups in total. The van der Waals surface area contributed by atoms with Gasteiger partial charge in [-0.3, -0.25) is 0 Å². The highest BCUT2D eigenvalue weighted by Gasteiger charge is 2.42. The molecule has 1 aromatic heterocycles. The predicted molar refractivity (Wildman–Crippen MR) is 58.2 cm³/mol. The normalized spacial score (nSPS) is 12.7. The van der Waals surface area contributed by atoms with Crippen LogP contribution in [-0.4, -0.2) is 11.3 Å². The van der Waals surface area contributed by atoms with E-state index in [4.69, 9.17) is 11.6 Å². The van der Waals surface area contributed by atoms with Crippen molar-refractivity contribution in [1.29, 1.82) is 0 Å². The van der Waals surface area contributed by atoms with Crippen LogP contribution < -0.4 is 4.74 Å². The van der Waals surface area contributed by atoms with E-state index in [0.717, 1.165) is 6.20 Å². The Balaban J connectivity index is 3.47. The molecule has 1 heterocycles. The Morgan fingerprint density at radius 1 is 1.22 bits per heavy atom. The van der Waals surface area contributed by atoms with Gasteiger partial charge in [0, 0.05) is 11.8 Å². The van der Waals surface area contributed by atoms with Crippen LogP contribution in [0.5, 0.6) is 5.75 Å². The van der Waals surface area contributed by atoms with Gasteiger partial charge in [-0.2, -0.15) is 13.2 Å². The van der Waals surface area contributed by atoms with Crippen molar-refractivity contribution < 1.29 is 31.1 Å². The van der Waals surface area contributed by atoms with Gasteiger partial charge in [-0.1, -0.05) is 0 Å². The van der Waals surface area contributed by atoms with Gasteiger partial charge in [-0.15, -0.1) is 24.8 Å². The van der Waals surface area contributed by atoms with Gasteiger partial charge in [0.1, 0.15) is 15.0 Å². The highest BCUT2D eigenvalue weighted by Crippen LogP contribution is 2.42. The summed E-state index contributed by atoms with van der Waals surface area (Å²) in [6.07, 6.45) is -9.46. The third-order valence-electron chi connectivity index (χ3n) is 1.70. The summed E-state index contributed by atoms with van der Waals surface area (Å²) in [5.41, 5.74) is -2.07.